The number of methoxy groups -OCH3 is 2. The van der Waals surface area contributed by atoms with Crippen LogP contribution in [0.5, 0.6) is 11.5 Å². The van der Waals surface area contributed by atoms with Gasteiger partial charge in [-0.1, -0.05) is 0 Å². The molecule has 1 fully saturated rings. The minimum atomic E-state index is -0.328. The summed E-state index contributed by atoms with van der Waals surface area (Å²) in [5.41, 5.74) is 5.93. The van der Waals surface area contributed by atoms with Crippen molar-refractivity contribution in [1.29, 1.82) is 5.26 Å². The van der Waals surface area contributed by atoms with Crippen molar-refractivity contribution in [2.24, 2.45) is 0 Å². The highest BCUT2D eigenvalue weighted by atomic mass is 16.5. The maximum Gasteiger partial charge on any atom is 0.161 e. The van der Waals surface area contributed by atoms with Crippen LogP contribution in [0.3, 0.4) is 0 Å². The fourth-order valence-electron chi connectivity index (χ4n) is 4.77. The SMILES string of the molecule is COc1cc2c(cc1OC)C1(CCN(c3nc(C)c(C)c(C)c3C#N)CC1)OCC2. The maximum atomic E-state index is 9.76. The van der Waals surface area contributed by atoms with E-state index in [0.717, 1.165) is 66.5 Å². The molecule has 0 amide bonds. The molecule has 0 N–H and O–H groups in total. The fourth-order valence-corrected chi connectivity index (χ4v) is 4.77. The average molecular weight is 408 g/mol. The predicted molar refractivity (Wildman–Crippen MR) is 115 cm³/mol. The molecule has 1 spiro atoms. The minimum absolute atomic E-state index is 0.328. The second kappa shape index (κ2) is 7.81. The van der Waals surface area contributed by atoms with Crippen molar-refractivity contribution in [3.8, 4) is 17.6 Å². The first-order valence-corrected chi connectivity index (χ1v) is 10.5. The van der Waals surface area contributed by atoms with E-state index in [1.807, 2.05) is 20.8 Å². The molecule has 0 saturated carbocycles. The van der Waals surface area contributed by atoms with Crippen molar-refractivity contribution in [3.05, 3.63) is 45.6 Å². The van der Waals surface area contributed by atoms with Crippen molar-refractivity contribution in [2.75, 3.05) is 38.8 Å². The highest BCUT2D eigenvalue weighted by Gasteiger charge is 2.42. The minimum Gasteiger partial charge on any atom is -0.493 e. The van der Waals surface area contributed by atoms with E-state index in [9.17, 15) is 5.26 Å². The van der Waals surface area contributed by atoms with Crippen molar-refractivity contribution >= 4 is 5.82 Å². The summed E-state index contributed by atoms with van der Waals surface area (Å²) in [5, 5.41) is 9.76. The zero-order valence-electron chi connectivity index (χ0n) is 18.5. The predicted octanol–water partition coefficient (Wildman–Crippen LogP) is 3.96. The van der Waals surface area contributed by atoms with Gasteiger partial charge in [-0.2, -0.15) is 5.26 Å². The summed E-state index contributed by atoms with van der Waals surface area (Å²) in [6.45, 7) is 8.33. The standard InChI is InChI=1S/C24H29N3O3/c1-15-16(2)19(14-25)23(26-17(15)3)27-9-7-24(8-10-27)20-13-22(29-5)21(28-4)12-18(20)6-11-30-24/h12-13H,6-11H2,1-5H3. The van der Waals surface area contributed by atoms with Gasteiger partial charge in [-0.25, -0.2) is 4.98 Å². The first-order valence-electron chi connectivity index (χ1n) is 10.5. The molecule has 0 aliphatic carbocycles. The van der Waals surface area contributed by atoms with Crippen LogP contribution in [-0.2, 0) is 16.8 Å². The summed E-state index contributed by atoms with van der Waals surface area (Å²) in [6, 6.07) is 6.55. The number of nitriles is 1. The summed E-state index contributed by atoms with van der Waals surface area (Å²) >= 11 is 0. The molecule has 0 atom stereocenters. The second-order valence-electron chi connectivity index (χ2n) is 8.20. The molecule has 3 heterocycles. The van der Waals surface area contributed by atoms with E-state index in [1.165, 1.54) is 11.1 Å². The molecule has 6 nitrogen and oxygen atoms in total. The second-order valence-corrected chi connectivity index (χ2v) is 8.20. The molecule has 2 aliphatic rings. The van der Waals surface area contributed by atoms with Gasteiger partial charge in [0.25, 0.3) is 0 Å². The van der Waals surface area contributed by atoms with Crippen LogP contribution in [0.4, 0.5) is 5.82 Å². The van der Waals surface area contributed by atoms with E-state index in [1.54, 1.807) is 14.2 Å². The summed E-state index contributed by atoms with van der Waals surface area (Å²) in [6.07, 6.45) is 2.56. The third kappa shape index (κ3) is 3.18. The molecule has 4 rings (SSSR count). The van der Waals surface area contributed by atoms with Crippen molar-refractivity contribution in [2.45, 2.75) is 45.6 Å². The average Bonchev–Trinajstić information content (AvgIpc) is 2.77. The van der Waals surface area contributed by atoms with E-state index >= 15 is 0 Å². The number of aryl methyl sites for hydroxylation is 1. The third-order valence-electron chi connectivity index (χ3n) is 6.81. The van der Waals surface area contributed by atoms with E-state index in [0.29, 0.717) is 12.2 Å². The number of piperidine rings is 1. The van der Waals surface area contributed by atoms with Gasteiger partial charge in [0.2, 0.25) is 0 Å². The van der Waals surface area contributed by atoms with Crippen LogP contribution in [0, 0.1) is 32.1 Å². The van der Waals surface area contributed by atoms with E-state index < -0.39 is 0 Å². The number of fused-ring (bicyclic) bond motifs is 2. The van der Waals surface area contributed by atoms with Crippen LogP contribution in [-0.4, -0.2) is 38.9 Å². The number of anilines is 1. The Kier molecular flexibility index (Phi) is 5.33. The molecule has 6 heteroatoms. The Labute approximate surface area is 178 Å². The van der Waals surface area contributed by atoms with Gasteiger partial charge in [-0.15, -0.1) is 0 Å². The lowest BCUT2D eigenvalue weighted by atomic mass is 9.79. The Hall–Kier alpha value is -2.78. The smallest absolute Gasteiger partial charge is 0.161 e. The summed E-state index contributed by atoms with van der Waals surface area (Å²) in [7, 11) is 3.34. The largest absolute Gasteiger partial charge is 0.493 e. The van der Waals surface area contributed by atoms with Gasteiger partial charge in [-0.05, 0) is 74.4 Å². The Balaban J connectivity index is 1.66. The van der Waals surface area contributed by atoms with Crippen LogP contribution >= 0.6 is 0 Å². The number of rotatable bonds is 3. The van der Waals surface area contributed by atoms with Gasteiger partial charge >= 0.3 is 0 Å². The molecule has 30 heavy (non-hydrogen) atoms. The molecule has 2 aromatic rings. The van der Waals surface area contributed by atoms with E-state index in [-0.39, 0.29) is 5.60 Å². The number of hydrogen-bond acceptors (Lipinski definition) is 6. The molecular weight excluding hydrogens is 378 g/mol. The summed E-state index contributed by atoms with van der Waals surface area (Å²) in [5.74, 6) is 2.30. The first kappa shape index (κ1) is 20.5. The molecule has 2 aliphatic heterocycles. The van der Waals surface area contributed by atoms with E-state index in [4.69, 9.17) is 19.2 Å². The summed E-state index contributed by atoms with van der Waals surface area (Å²) < 4.78 is 17.5. The van der Waals surface area contributed by atoms with Crippen molar-refractivity contribution < 1.29 is 14.2 Å². The lowest BCUT2D eigenvalue weighted by Crippen LogP contribution is -2.47. The van der Waals surface area contributed by atoms with Gasteiger partial charge in [0.15, 0.2) is 11.5 Å². The molecule has 1 aromatic heterocycles. The molecule has 0 unspecified atom stereocenters. The van der Waals surface area contributed by atoms with Gasteiger partial charge in [0.05, 0.1) is 32.0 Å². The number of hydrogen-bond donors (Lipinski definition) is 0. The van der Waals surface area contributed by atoms with Crippen LogP contribution < -0.4 is 14.4 Å². The monoisotopic (exact) mass is 407 g/mol. The van der Waals surface area contributed by atoms with Crippen LogP contribution in [0.25, 0.3) is 0 Å². The Morgan fingerprint density at radius 3 is 2.37 bits per heavy atom. The molecule has 0 bridgehead atoms. The van der Waals surface area contributed by atoms with Crippen molar-refractivity contribution in [1.82, 2.24) is 4.98 Å². The Morgan fingerprint density at radius 1 is 1.07 bits per heavy atom. The highest BCUT2D eigenvalue weighted by Crippen LogP contribution is 2.46. The third-order valence-corrected chi connectivity index (χ3v) is 6.81. The highest BCUT2D eigenvalue weighted by molar-refractivity contribution is 5.61. The fraction of sp³-hybridized carbons (Fsp3) is 0.500. The molecular formula is C24H29N3O3. The topological polar surface area (TPSA) is 67.6 Å². The molecule has 0 radical (unpaired) electrons. The van der Waals surface area contributed by atoms with Gasteiger partial charge in [-0.3, -0.25) is 0 Å². The van der Waals surface area contributed by atoms with E-state index in [2.05, 4.69) is 23.1 Å². The van der Waals surface area contributed by atoms with Gasteiger partial charge < -0.3 is 19.1 Å². The lowest BCUT2D eigenvalue weighted by Gasteiger charge is -2.45. The molecule has 158 valence electrons. The van der Waals surface area contributed by atoms with Crippen LogP contribution in [0.1, 0.15) is 46.4 Å². The zero-order chi connectivity index (χ0) is 21.5. The van der Waals surface area contributed by atoms with Crippen LogP contribution in [0.15, 0.2) is 12.1 Å². The molecule has 1 aromatic carbocycles. The molecule has 1 saturated heterocycles. The Morgan fingerprint density at radius 2 is 1.73 bits per heavy atom. The number of benzene rings is 1. The first-order chi connectivity index (χ1) is 14.4. The number of aromatic nitrogens is 1. The van der Waals surface area contributed by atoms with Crippen LogP contribution in [0.2, 0.25) is 0 Å². The number of nitrogens with zero attached hydrogens (tertiary/aromatic N) is 3. The number of ether oxygens (including phenoxy) is 3. The number of pyridine rings is 1. The Bertz CT molecular complexity index is 1020. The lowest BCUT2D eigenvalue weighted by molar-refractivity contribution is -0.0768. The normalized spacial score (nSPS) is 17.4. The maximum absolute atomic E-state index is 9.76. The summed E-state index contributed by atoms with van der Waals surface area (Å²) in [4.78, 5) is 7.02. The van der Waals surface area contributed by atoms with Gasteiger partial charge in [0.1, 0.15) is 11.9 Å². The quantitative estimate of drug-likeness (QED) is 0.767. The van der Waals surface area contributed by atoms with Crippen molar-refractivity contribution in [3.63, 3.8) is 0 Å². The van der Waals surface area contributed by atoms with Gasteiger partial charge in [0, 0.05) is 18.8 Å². The zero-order valence-corrected chi connectivity index (χ0v) is 18.5.